The number of benzene rings is 2. The van der Waals surface area contributed by atoms with Crippen LogP contribution in [0, 0.1) is 6.92 Å². The van der Waals surface area contributed by atoms with E-state index in [0.717, 1.165) is 5.56 Å². The van der Waals surface area contributed by atoms with Crippen molar-refractivity contribution in [2.75, 3.05) is 10.6 Å². The van der Waals surface area contributed by atoms with Crippen LogP contribution in [0.1, 0.15) is 16.1 Å². The Morgan fingerprint density at radius 2 is 1.84 bits per heavy atom. The number of rotatable bonds is 4. The van der Waals surface area contributed by atoms with Crippen molar-refractivity contribution in [3.8, 4) is 0 Å². The third kappa shape index (κ3) is 4.26. The number of hydrogen-bond acceptors (Lipinski definition) is 4. The number of nitrogens with one attached hydrogen (secondary N) is 2. The van der Waals surface area contributed by atoms with E-state index in [9.17, 15) is 4.79 Å². The third-order valence-corrected chi connectivity index (χ3v) is 4.01. The molecule has 25 heavy (non-hydrogen) atoms. The molecule has 3 aromatic rings. The summed E-state index contributed by atoms with van der Waals surface area (Å²) in [6.07, 6.45) is 1.51. The molecule has 0 aliphatic carbocycles. The molecule has 0 radical (unpaired) electrons. The first-order chi connectivity index (χ1) is 12.0. The molecule has 126 valence electrons. The lowest BCUT2D eigenvalue weighted by Crippen LogP contribution is -2.15. The average molecular weight is 373 g/mol. The lowest BCUT2D eigenvalue weighted by atomic mass is 10.2. The second kappa shape index (κ2) is 7.51. The zero-order chi connectivity index (χ0) is 17.8. The fourth-order valence-electron chi connectivity index (χ4n) is 2.18. The van der Waals surface area contributed by atoms with Gasteiger partial charge in [-0.25, -0.2) is 9.97 Å². The van der Waals surface area contributed by atoms with Gasteiger partial charge in [-0.2, -0.15) is 0 Å². The molecule has 3 rings (SSSR count). The summed E-state index contributed by atoms with van der Waals surface area (Å²) in [5, 5.41) is 6.97. The van der Waals surface area contributed by atoms with Crippen molar-refractivity contribution in [1.82, 2.24) is 9.97 Å². The van der Waals surface area contributed by atoms with E-state index in [-0.39, 0.29) is 17.5 Å². The molecular weight excluding hydrogens is 359 g/mol. The van der Waals surface area contributed by atoms with Gasteiger partial charge in [0.25, 0.3) is 5.91 Å². The molecule has 2 N–H and O–H groups in total. The molecular formula is C18H14Cl2N4O. The molecule has 0 bridgehead atoms. The van der Waals surface area contributed by atoms with E-state index >= 15 is 0 Å². The number of para-hydroxylation sites is 1. The topological polar surface area (TPSA) is 66.9 Å². The second-order valence-corrected chi connectivity index (χ2v) is 6.13. The smallest absolute Gasteiger partial charge is 0.274 e. The van der Waals surface area contributed by atoms with Crippen molar-refractivity contribution in [3.63, 3.8) is 0 Å². The number of carbonyl (C=O) groups excluding carboxylic acids is 1. The number of carbonyl (C=O) groups is 1. The Balaban J connectivity index is 1.79. The molecule has 1 amide bonds. The first-order valence-electron chi connectivity index (χ1n) is 7.45. The third-order valence-electron chi connectivity index (χ3n) is 3.45. The van der Waals surface area contributed by atoms with Crippen molar-refractivity contribution < 1.29 is 4.79 Å². The number of aromatic nitrogens is 2. The van der Waals surface area contributed by atoms with Crippen molar-refractivity contribution in [2.24, 2.45) is 0 Å². The van der Waals surface area contributed by atoms with Gasteiger partial charge < -0.3 is 10.6 Å². The van der Waals surface area contributed by atoms with Gasteiger partial charge >= 0.3 is 0 Å². The summed E-state index contributed by atoms with van der Waals surface area (Å²) in [6.45, 7) is 1.87. The molecule has 2 aromatic carbocycles. The highest BCUT2D eigenvalue weighted by atomic mass is 35.5. The Hall–Kier alpha value is -2.63. The largest absolute Gasteiger partial charge is 0.323 e. The number of anilines is 3. The van der Waals surface area contributed by atoms with E-state index in [2.05, 4.69) is 20.6 Å². The summed E-state index contributed by atoms with van der Waals surface area (Å²) in [7, 11) is 0. The number of nitrogens with zero attached hydrogens (tertiary/aromatic N) is 2. The van der Waals surface area contributed by atoms with Crippen LogP contribution >= 0.6 is 23.2 Å². The van der Waals surface area contributed by atoms with Crippen molar-refractivity contribution in [3.05, 3.63) is 76.0 Å². The van der Waals surface area contributed by atoms with Gasteiger partial charge in [0.1, 0.15) is 5.69 Å². The predicted molar refractivity (Wildman–Crippen MR) is 101 cm³/mol. The summed E-state index contributed by atoms with van der Waals surface area (Å²) in [5.74, 6) is -0.0522. The van der Waals surface area contributed by atoms with Crippen LogP contribution in [0.25, 0.3) is 0 Å². The van der Waals surface area contributed by atoms with Gasteiger partial charge in [0.15, 0.2) is 0 Å². The van der Waals surface area contributed by atoms with Gasteiger partial charge in [0, 0.05) is 16.9 Å². The highest BCUT2D eigenvalue weighted by molar-refractivity contribution is 6.33. The van der Waals surface area contributed by atoms with E-state index < -0.39 is 0 Å². The first kappa shape index (κ1) is 17.2. The summed E-state index contributed by atoms with van der Waals surface area (Å²) in [6, 6.07) is 14.0. The zero-order valence-electron chi connectivity index (χ0n) is 13.3. The number of amides is 1. The maximum atomic E-state index is 12.4. The molecule has 1 aromatic heterocycles. The minimum Gasteiger partial charge on any atom is -0.323 e. The van der Waals surface area contributed by atoms with Crippen LogP contribution in [0.5, 0.6) is 0 Å². The Morgan fingerprint density at radius 1 is 1.04 bits per heavy atom. The summed E-state index contributed by atoms with van der Waals surface area (Å²) < 4.78 is 0. The Kier molecular flexibility index (Phi) is 5.16. The van der Waals surface area contributed by atoms with E-state index in [1.54, 1.807) is 36.4 Å². The number of aryl methyl sites for hydroxylation is 1. The average Bonchev–Trinajstić information content (AvgIpc) is 2.60. The minimum atomic E-state index is -0.338. The van der Waals surface area contributed by atoms with Gasteiger partial charge in [-0.15, -0.1) is 0 Å². The maximum absolute atomic E-state index is 12.4. The second-order valence-electron chi connectivity index (χ2n) is 5.28. The van der Waals surface area contributed by atoms with E-state index in [0.29, 0.717) is 21.4 Å². The van der Waals surface area contributed by atoms with Gasteiger partial charge in [-0.3, -0.25) is 4.79 Å². The normalized spacial score (nSPS) is 10.4. The Morgan fingerprint density at radius 3 is 2.60 bits per heavy atom. The zero-order valence-corrected chi connectivity index (χ0v) is 14.8. The Bertz CT molecular complexity index is 930. The SMILES string of the molecule is Cc1cc(Cl)ccc1NC(=O)c1ccnc(Nc2ccccc2Cl)n1. The van der Waals surface area contributed by atoms with Crippen LogP contribution in [0.3, 0.4) is 0 Å². The summed E-state index contributed by atoms with van der Waals surface area (Å²) >= 11 is 12.0. The molecule has 5 nitrogen and oxygen atoms in total. The highest BCUT2D eigenvalue weighted by Gasteiger charge is 2.11. The van der Waals surface area contributed by atoms with Gasteiger partial charge in [-0.1, -0.05) is 35.3 Å². The van der Waals surface area contributed by atoms with Gasteiger partial charge in [0.05, 0.1) is 10.7 Å². The predicted octanol–water partition coefficient (Wildman–Crippen LogP) is 5.09. The van der Waals surface area contributed by atoms with Crippen LogP contribution in [0.15, 0.2) is 54.7 Å². The molecule has 0 fully saturated rings. The monoisotopic (exact) mass is 372 g/mol. The maximum Gasteiger partial charge on any atom is 0.274 e. The number of halogens is 2. The highest BCUT2D eigenvalue weighted by Crippen LogP contribution is 2.23. The standard InChI is InChI=1S/C18H14Cl2N4O/c1-11-10-12(19)6-7-14(11)22-17(25)16-8-9-21-18(24-16)23-15-5-3-2-4-13(15)20/h2-10H,1H3,(H,22,25)(H,21,23,24). The van der Waals surface area contributed by atoms with Crippen LogP contribution in [0.2, 0.25) is 10.0 Å². The molecule has 0 spiro atoms. The molecule has 1 heterocycles. The Labute approximate surface area is 155 Å². The lowest BCUT2D eigenvalue weighted by Gasteiger charge is -2.10. The molecule has 0 saturated heterocycles. The number of hydrogen-bond donors (Lipinski definition) is 2. The van der Waals surface area contributed by atoms with Crippen molar-refractivity contribution in [1.29, 1.82) is 0 Å². The van der Waals surface area contributed by atoms with Crippen LogP contribution in [-0.4, -0.2) is 15.9 Å². The first-order valence-corrected chi connectivity index (χ1v) is 8.20. The lowest BCUT2D eigenvalue weighted by molar-refractivity contribution is 0.102. The molecule has 0 atom stereocenters. The van der Waals surface area contributed by atoms with Crippen LogP contribution in [-0.2, 0) is 0 Å². The fraction of sp³-hybridized carbons (Fsp3) is 0.0556. The molecule has 0 aliphatic heterocycles. The van der Waals surface area contributed by atoms with E-state index in [1.807, 2.05) is 19.1 Å². The van der Waals surface area contributed by atoms with Gasteiger partial charge in [0.2, 0.25) is 5.95 Å². The van der Waals surface area contributed by atoms with Gasteiger partial charge in [-0.05, 0) is 48.9 Å². The van der Waals surface area contributed by atoms with Crippen molar-refractivity contribution >= 4 is 46.4 Å². The van der Waals surface area contributed by atoms with Crippen molar-refractivity contribution in [2.45, 2.75) is 6.92 Å². The van der Waals surface area contributed by atoms with E-state index in [4.69, 9.17) is 23.2 Å². The minimum absolute atomic E-state index is 0.235. The fourth-order valence-corrected chi connectivity index (χ4v) is 2.59. The van der Waals surface area contributed by atoms with E-state index in [1.165, 1.54) is 6.20 Å². The molecule has 0 unspecified atom stereocenters. The quantitative estimate of drug-likeness (QED) is 0.669. The summed E-state index contributed by atoms with van der Waals surface area (Å²) in [4.78, 5) is 20.8. The van der Waals surface area contributed by atoms with Crippen LogP contribution < -0.4 is 10.6 Å². The molecule has 0 saturated carbocycles. The summed E-state index contributed by atoms with van der Waals surface area (Å²) in [5.41, 5.74) is 2.44. The molecule has 7 heteroatoms. The molecule has 0 aliphatic rings. The van der Waals surface area contributed by atoms with Crippen LogP contribution in [0.4, 0.5) is 17.3 Å².